The molecule has 0 bridgehead atoms. The minimum Gasteiger partial charge on any atom is -0.228 e. The summed E-state index contributed by atoms with van der Waals surface area (Å²) in [5, 5.41) is 4.69. The molecule has 0 unspecified atom stereocenters. The highest BCUT2D eigenvalue weighted by atomic mass is 32.2. The highest BCUT2D eigenvalue weighted by Gasteiger charge is 2.46. The Bertz CT molecular complexity index is 399. The highest BCUT2D eigenvalue weighted by Crippen LogP contribution is 2.44. The number of hydrogen-bond acceptors (Lipinski definition) is 2. The van der Waals surface area contributed by atoms with Gasteiger partial charge in [0.2, 0.25) is 10.0 Å². The minimum atomic E-state index is -3.33. The summed E-state index contributed by atoms with van der Waals surface area (Å²) in [5.41, 5.74) is 1.07. The van der Waals surface area contributed by atoms with Crippen LogP contribution in [0.1, 0.15) is 17.9 Å². The van der Waals surface area contributed by atoms with Gasteiger partial charge in [0.25, 0.3) is 0 Å². The van der Waals surface area contributed by atoms with Crippen molar-refractivity contribution in [2.45, 2.75) is 17.6 Å². The van der Waals surface area contributed by atoms with Gasteiger partial charge in [0.15, 0.2) is 0 Å². The first-order chi connectivity index (χ1) is 6.09. The number of primary sulfonamides is 1. The van der Waals surface area contributed by atoms with Crippen LogP contribution in [0.3, 0.4) is 0 Å². The van der Waals surface area contributed by atoms with E-state index in [0.717, 1.165) is 5.56 Å². The highest BCUT2D eigenvalue weighted by molar-refractivity contribution is 7.90. The zero-order chi connectivity index (χ0) is 9.47. The van der Waals surface area contributed by atoms with Gasteiger partial charge in [0.1, 0.15) is 0 Å². The van der Waals surface area contributed by atoms with Crippen LogP contribution in [0.5, 0.6) is 0 Å². The molecule has 1 aliphatic carbocycles. The van der Waals surface area contributed by atoms with Crippen molar-refractivity contribution in [1.82, 2.24) is 0 Å². The fourth-order valence-corrected chi connectivity index (χ4v) is 2.68. The third-order valence-corrected chi connectivity index (χ3v) is 3.75. The number of benzene rings is 1. The van der Waals surface area contributed by atoms with E-state index in [1.165, 1.54) is 0 Å². The van der Waals surface area contributed by atoms with E-state index in [2.05, 4.69) is 0 Å². The van der Waals surface area contributed by atoms with Crippen LogP contribution < -0.4 is 5.14 Å². The first-order valence-corrected chi connectivity index (χ1v) is 5.76. The summed E-state index contributed by atoms with van der Waals surface area (Å²) in [5.74, 6) is 0.121. The van der Waals surface area contributed by atoms with Crippen molar-refractivity contribution in [2.75, 3.05) is 0 Å². The maximum Gasteiger partial charge on any atom is 0.212 e. The summed E-state index contributed by atoms with van der Waals surface area (Å²) in [4.78, 5) is 0. The predicted molar refractivity (Wildman–Crippen MR) is 50.7 cm³/mol. The van der Waals surface area contributed by atoms with Crippen molar-refractivity contribution in [3.63, 3.8) is 0 Å². The number of sulfonamides is 1. The van der Waals surface area contributed by atoms with E-state index in [-0.39, 0.29) is 11.2 Å². The minimum absolute atomic E-state index is 0.121. The monoisotopic (exact) mass is 197 g/mol. The predicted octanol–water partition coefficient (Wildman–Crippen LogP) is 0.831. The van der Waals surface area contributed by atoms with Gasteiger partial charge < -0.3 is 0 Å². The molecule has 0 amide bonds. The molecule has 4 heteroatoms. The summed E-state index contributed by atoms with van der Waals surface area (Å²) >= 11 is 0. The van der Waals surface area contributed by atoms with Crippen molar-refractivity contribution in [3.8, 4) is 0 Å². The average Bonchev–Trinajstić information content (AvgIpc) is 2.83. The van der Waals surface area contributed by atoms with Crippen LogP contribution in [0.25, 0.3) is 0 Å². The Kier molecular flexibility index (Phi) is 1.89. The topological polar surface area (TPSA) is 60.2 Å². The van der Waals surface area contributed by atoms with Gasteiger partial charge >= 0.3 is 0 Å². The second kappa shape index (κ2) is 2.82. The Labute approximate surface area is 77.6 Å². The molecule has 2 N–H and O–H groups in total. The van der Waals surface area contributed by atoms with Gasteiger partial charge in [-0.05, 0) is 12.0 Å². The average molecular weight is 197 g/mol. The largest absolute Gasteiger partial charge is 0.228 e. The van der Waals surface area contributed by atoms with E-state index in [9.17, 15) is 8.42 Å². The summed E-state index contributed by atoms with van der Waals surface area (Å²) in [6.07, 6.45) is 0.669. The lowest BCUT2D eigenvalue weighted by Gasteiger charge is -1.97. The molecule has 1 aromatic carbocycles. The van der Waals surface area contributed by atoms with E-state index in [1.807, 2.05) is 30.3 Å². The fourth-order valence-electron chi connectivity index (χ4n) is 1.59. The molecular formula is C9H11NO2S. The zero-order valence-corrected chi connectivity index (χ0v) is 7.87. The van der Waals surface area contributed by atoms with E-state index in [0.29, 0.717) is 6.42 Å². The first kappa shape index (κ1) is 8.72. The molecular weight excluding hydrogens is 186 g/mol. The molecule has 0 saturated heterocycles. The lowest BCUT2D eigenvalue weighted by molar-refractivity contribution is 0.595. The van der Waals surface area contributed by atoms with Gasteiger partial charge in [-0.15, -0.1) is 0 Å². The summed E-state index contributed by atoms with van der Waals surface area (Å²) in [6.45, 7) is 0. The maximum atomic E-state index is 11.0. The van der Waals surface area contributed by atoms with Crippen molar-refractivity contribution in [3.05, 3.63) is 35.9 Å². The van der Waals surface area contributed by atoms with Gasteiger partial charge in [-0.1, -0.05) is 30.3 Å². The van der Waals surface area contributed by atoms with Crippen molar-refractivity contribution < 1.29 is 8.42 Å². The SMILES string of the molecule is NS(=O)(=O)[C@@H]1C[C@H]1c1ccccc1. The van der Waals surface area contributed by atoms with Crippen LogP contribution in [0.2, 0.25) is 0 Å². The Morgan fingerprint density at radius 2 is 1.85 bits per heavy atom. The lowest BCUT2D eigenvalue weighted by atomic mass is 10.1. The number of rotatable bonds is 2. The molecule has 1 saturated carbocycles. The van der Waals surface area contributed by atoms with Crippen LogP contribution >= 0.6 is 0 Å². The second-order valence-electron chi connectivity index (χ2n) is 3.38. The zero-order valence-electron chi connectivity index (χ0n) is 7.05. The van der Waals surface area contributed by atoms with Gasteiger partial charge in [0.05, 0.1) is 5.25 Å². The first-order valence-electron chi connectivity index (χ1n) is 4.15. The van der Waals surface area contributed by atoms with E-state index >= 15 is 0 Å². The van der Waals surface area contributed by atoms with Crippen LogP contribution in [-0.4, -0.2) is 13.7 Å². The third-order valence-electron chi connectivity index (χ3n) is 2.38. The van der Waals surface area contributed by atoms with E-state index < -0.39 is 10.0 Å². The van der Waals surface area contributed by atoms with Gasteiger partial charge in [-0.2, -0.15) is 0 Å². The van der Waals surface area contributed by atoms with E-state index in [1.54, 1.807) is 0 Å². The quantitative estimate of drug-likeness (QED) is 0.763. The molecule has 1 fully saturated rings. The number of nitrogens with two attached hydrogens (primary N) is 1. The lowest BCUT2D eigenvalue weighted by Crippen LogP contribution is -2.18. The van der Waals surface area contributed by atoms with E-state index in [4.69, 9.17) is 5.14 Å². The molecule has 13 heavy (non-hydrogen) atoms. The molecule has 1 aromatic rings. The van der Waals surface area contributed by atoms with Gasteiger partial charge in [0, 0.05) is 5.92 Å². The van der Waals surface area contributed by atoms with Crippen LogP contribution in [-0.2, 0) is 10.0 Å². The Morgan fingerprint density at radius 3 is 2.31 bits per heavy atom. The third kappa shape index (κ3) is 1.73. The molecule has 2 rings (SSSR count). The van der Waals surface area contributed by atoms with Gasteiger partial charge in [-0.25, -0.2) is 13.6 Å². The maximum absolute atomic E-state index is 11.0. The number of hydrogen-bond donors (Lipinski definition) is 1. The normalized spacial score (nSPS) is 27.2. The Morgan fingerprint density at radius 1 is 1.23 bits per heavy atom. The standard InChI is InChI=1S/C9H11NO2S/c10-13(11,12)9-6-8(9)7-4-2-1-3-5-7/h1-5,8-9H,6H2,(H2,10,11,12)/t8-,9+/m0/s1. The van der Waals surface area contributed by atoms with Crippen molar-refractivity contribution >= 4 is 10.0 Å². The molecule has 2 atom stereocenters. The van der Waals surface area contributed by atoms with Crippen LogP contribution in [0, 0.1) is 0 Å². The van der Waals surface area contributed by atoms with Crippen molar-refractivity contribution in [1.29, 1.82) is 0 Å². The van der Waals surface area contributed by atoms with Crippen LogP contribution in [0.4, 0.5) is 0 Å². The molecule has 0 spiro atoms. The smallest absolute Gasteiger partial charge is 0.212 e. The molecule has 0 radical (unpaired) electrons. The Balaban J connectivity index is 2.18. The van der Waals surface area contributed by atoms with Crippen LogP contribution in [0.15, 0.2) is 30.3 Å². The second-order valence-corrected chi connectivity index (χ2v) is 5.16. The molecule has 0 aliphatic heterocycles. The van der Waals surface area contributed by atoms with Gasteiger partial charge in [-0.3, -0.25) is 0 Å². The molecule has 0 heterocycles. The summed E-state index contributed by atoms with van der Waals surface area (Å²) in [7, 11) is -3.33. The Hall–Kier alpha value is -0.870. The molecule has 1 aliphatic rings. The summed E-state index contributed by atoms with van der Waals surface area (Å²) < 4.78 is 21.9. The molecule has 70 valence electrons. The molecule has 0 aromatic heterocycles. The van der Waals surface area contributed by atoms with Crippen molar-refractivity contribution in [2.24, 2.45) is 5.14 Å². The summed E-state index contributed by atoms with van der Waals surface area (Å²) in [6, 6.07) is 9.62. The fraction of sp³-hybridized carbons (Fsp3) is 0.333. The molecule has 3 nitrogen and oxygen atoms in total.